The van der Waals surface area contributed by atoms with E-state index in [0.717, 1.165) is 6.92 Å². The molecule has 1 fully saturated rings. The Morgan fingerprint density at radius 2 is 1.95 bits per heavy atom. The van der Waals surface area contributed by atoms with E-state index < -0.39 is 65.6 Å². The van der Waals surface area contributed by atoms with Gasteiger partial charge in [-0.3, -0.25) is 9.59 Å². The summed E-state index contributed by atoms with van der Waals surface area (Å²) in [6.45, 7) is 1.05. The molecule has 4 N–H and O–H groups in total. The van der Waals surface area contributed by atoms with Gasteiger partial charge in [0.25, 0.3) is 0 Å². The third kappa shape index (κ3) is 5.61. The van der Waals surface area contributed by atoms with Gasteiger partial charge in [-0.05, 0) is 54.8 Å². The number of alkyl halides is 3. The lowest BCUT2D eigenvalue weighted by Gasteiger charge is -2.44. The number of anilines is 2. The molecule has 5 rings (SSSR count). The molecule has 2 unspecified atom stereocenters. The Hall–Kier alpha value is -3.54. The molecule has 0 aromatic heterocycles. The first-order chi connectivity index (χ1) is 20.3. The number of carbonyl (C=O) groups excluding carboxylic acids is 2. The predicted octanol–water partition coefficient (Wildman–Crippen LogP) is 6.02. The molecule has 2 amide bonds. The van der Waals surface area contributed by atoms with Gasteiger partial charge >= 0.3 is 12.1 Å². The number of aromatic carboxylic acids is 1. The predicted molar refractivity (Wildman–Crippen MR) is 155 cm³/mol. The third-order valence-corrected chi connectivity index (χ3v) is 9.21. The van der Waals surface area contributed by atoms with Gasteiger partial charge in [0.2, 0.25) is 11.8 Å². The van der Waals surface area contributed by atoms with E-state index >= 15 is 0 Å². The number of rotatable bonds is 7. The van der Waals surface area contributed by atoms with E-state index in [-0.39, 0.29) is 23.4 Å². The molecule has 1 saturated heterocycles. The van der Waals surface area contributed by atoms with Crippen LogP contribution < -0.4 is 20.7 Å². The van der Waals surface area contributed by atoms with E-state index in [2.05, 4.69) is 16.0 Å². The Morgan fingerprint density at radius 1 is 1.21 bits per heavy atom. The highest BCUT2D eigenvalue weighted by Crippen LogP contribution is 2.55. The fourth-order valence-electron chi connectivity index (χ4n) is 6.43. The number of amides is 2. The minimum absolute atomic E-state index is 0.0349. The first-order valence-corrected chi connectivity index (χ1v) is 14.2. The van der Waals surface area contributed by atoms with E-state index in [1.807, 2.05) is 0 Å². The van der Waals surface area contributed by atoms with Gasteiger partial charge in [-0.15, -0.1) is 0 Å². The smallest absolute Gasteiger partial charge is 0.391 e. The van der Waals surface area contributed by atoms with Gasteiger partial charge in [-0.2, -0.15) is 13.2 Å². The molecule has 6 atom stereocenters. The molecule has 228 valence electrons. The second-order valence-electron chi connectivity index (χ2n) is 11.0. The van der Waals surface area contributed by atoms with E-state index in [0.29, 0.717) is 21.3 Å². The molecule has 2 heterocycles. The third-order valence-electron chi connectivity index (χ3n) is 8.60. The molecule has 0 saturated carbocycles. The van der Waals surface area contributed by atoms with Crippen molar-refractivity contribution in [3.63, 3.8) is 0 Å². The number of methoxy groups -OCH3 is 1. The van der Waals surface area contributed by atoms with Crippen LogP contribution in [-0.2, 0) is 16.0 Å². The summed E-state index contributed by atoms with van der Waals surface area (Å²) in [5, 5.41) is 18.7. The average Bonchev–Trinajstić information content (AvgIpc) is 3.49. The molecule has 1 spiro atoms. The van der Waals surface area contributed by atoms with Crippen LogP contribution in [0.25, 0.3) is 0 Å². The second-order valence-corrected chi connectivity index (χ2v) is 11.9. The summed E-state index contributed by atoms with van der Waals surface area (Å²) in [7, 11) is 1.31. The molecule has 2 aromatic carbocycles. The molecule has 1 aliphatic carbocycles. The lowest BCUT2D eigenvalue weighted by atomic mass is 9.60. The maximum Gasteiger partial charge on any atom is 0.391 e. The summed E-state index contributed by atoms with van der Waals surface area (Å²) in [6.07, 6.45) is 0.0618. The number of carboxylic acids is 1. The number of carboxylic acid groups (broad SMARTS) is 1. The molecule has 3 aliphatic rings. The highest BCUT2D eigenvalue weighted by Gasteiger charge is 2.65. The number of fused-ring (bicyclic) bond motifs is 1. The highest BCUT2D eigenvalue weighted by molar-refractivity contribution is 6.31. The zero-order chi connectivity index (χ0) is 31.3. The molecule has 2 aliphatic heterocycles. The molecular weight excluding hydrogens is 610 g/mol. The zero-order valence-electron chi connectivity index (χ0n) is 23.0. The summed E-state index contributed by atoms with van der Waals surface area (Å²) in [5.74, 6) is -5.68. The van der Waals surface area contributed by atoms with Crippen LogP contribution in [0.2, 0.25) is 5.02 Å². The standard InChI is InChI=1S/C30H28Cl2F3N3O5/c1-14(30(33,34)35)10-23-29(13-16-6-8-17(31)12-21(16)37-28(29)42)24(18-4-3-5-19(18)32)25(38-23)26(39)36-20-9-7-15(27(40)41)11-22(20)43-2/h3-9,11-12,14,18,23-25,38H,10,13H2,1-2H3,(H,36,39)(H,37,42)(H,40,41)/t14-,18?,23+,24?,25-,29-/m1/s1. The topological polar surface area (TPSA) is 117 Å². The molecular formula is C30H28Cl2F3N3O5. The van der Waals surface area contributed by atoms with Crippen LogP contribution in [0.4, 0.5) is 24.5 Å². The van der Waals surface area contributed by atoms with Crippen molar-refractivity contribution < 1.29 is 37.4 Å². The van der Waals surface area contributed by atoms with Gasteiger partial charge < -0.3 is 25.8 Å². The van der Waals surface area contributed by atoms with Crippen LogP contribution in [0.1, 0.15) is 29.3 Å². The van der Waals surface area contributed by atoms with Crippen molar-refractivity contribution in [3.8, 4) is 5.75 Å². The van der Waals surface area contributed by atoms with Gasteiger partial charge in [-0.25, -0.2) is 4.79 Å². The van der Waals surface area contributed by atoms with Crippen molar-refractivity contribution in [1.82, 2.24) is 5.32 Å². The first-order valence-electron chi connectivity index (χ1n) is 13.4. The summed E-state index contributed by atoms with van der Waals surface area (Å²) in [4.78, 5) is 39.6. The fraction of sp³-hybridized carbons (Fsp3) is 0.367. The maximum atomic E-state index is 14.2. The molecule has 43 heavy (non-hydrogen) atoms. The monoisotopic (exact) mass is 637 g/mol. The van der Waals surface area contributed by atoms with E-state index in [1.165, 1.54) is 25.3 Å². The molecule has 8 nitrogen and oxygen atoms in total. The summed E-state index contributed by atoms with van der Waals surface area (Å²) in [6, 6.07) is 6.55. The van der Waals surface area contributed by atoms with Crippen LogP contribution in [0.15, 0.2) is 59.7 Å². The molecule has 0 radical (unpaired) electrons. The Balaban J connectivity index is 1.61. The quantitative estimate of drug-likeness (QED) is 0.295. The van der Waals surface area contributed by atoms with Crippen LogP contribution in [0.5, 0.6) is 5.75 Å². The normalized spacial score (nSPS) is 27.0. The lowest BCUT2D eigenvalue weighted by molar-refractivity contribution is -0.175. The zero-order valence-corrected chi connectivity index (χ0v) is 24.5. The minimum atomic E-state index is -4.54. The Morgan fingerprint density at radius 3 is 2.58 bits per heavy atom. The SMILES string of the molecule is COc1cc(C(=O)O)ccc1NC(=O)[C@@H]1N[C@@H](C[C@@H](C)C(F)(F)F)[C@]2(Cc3ccc(Cl)cc3NC2=O)C1C1C=CC=C1Cl. The highest BCUT2D eigenvalue weighted by atomic mass is 35.5. The van der Waals surface area contributed by atoms with Crippen LogP contribution in [0, 0.1) is 23.2 Å². The summed E-state index contributed by atoms with van der Waals surface area (Å²) < 4.78 is 47.0. The summed E-state index contributed by atoms with van der Waals surface area (Å²) in [5.41, 5.74) is -0.334. The minimum Gasteiger partial charge on any atom is -0.495 e. The van der Waals surface area contributed by atoms with Gasteiger partial charge in [0.05, 0.1) is 35.7 Å². The molecule has 2 aromatic rings. The number of allylic oxidation sites excluding steroid dienone is 4. The number of carbonyl (C=O) groups is 3. The van der Waals surface area contributed by atoms with Gasteiger partial charge in [0, 0.05) is 33.6 Å². The van der Waals surface area contributed by atoms with Crippen molar-refractivity contribution in [3.05, 3.63) is 75.8 Å². The Kier molecular flexibility index (Phi) is 8.28. The van der Waals surface area contributed by atoms with E-state index in [1.54, 1.807) is 36.4 Å². The van der Waals surface area contributed by atoms with Crippen molar-refractivity contribution in [1.29, 1.82) is 0 Å². The van der Waals surface area contributed by atoms with Crippen molar-refractivity contribution in [2.24, 2.45) is 23.2 Å². The van der Waals surface area contributed by atoms with Crippen molar-refractivity contribution in [2.45, 2.75) is 38.0 Å². The van der Waals surface area contributed by atoms with Crippen LogP contribution in [0.3, 0.4) is 0 Å². The lowest BCUT2D eigenvalue weighted by Crippen LogP contribution is -2.55. The number of ether oxygens (including phenoxy) is 1. The van der Waals surface area contributed by atoms with Crippen molar-refractivity contribution >= 4 is 52.4 Å². The number of benzene rings is 2. The largest absolute Gasteiger partial charge is 0.495 e. The number of halogens is 5. The molecule has 13 heteroatoms. The van der Waals surface area contributed by atoms with Gasteiger partial charge in [-0.1, -0.05) is 48.3 Å². The van der Waals surface area contributed by atoms with Crippen LogP contribution >= 0.6 is 23.2 Å². The fourth-order valence-corrected chi connectivity index (χ4v) is 6.89. The average molecular weight is 638 g/mol. The van der Waals surface area contributed by atoms with Crippen LogP contribution in [-0.4, -0.2) is 48.3 Å². The Labute approximate surface area is 255 Å². The second kappa shape index (κ2) is 11.5. The maximum absolute atomic E-state index is 14.2. The first kappa shape index (κ1) is 30.9. The molecule has 0 bridgehead atoms. The van der Waals surface area contributed by atoms with E-state index in [4.69, 9.17) is 27.9 Å². The number of hydrogen-bond donors (Lipinski definition) is 4. The Bertz CT molecular complexity index is 1550. The number of hydrogen-bond acceptors (Lipinski definition) is 5. The summed E-state index contributed by atoms with van der Waals surface area (Å²) >= 11 is 12.8. The van der Waals surface area contributed by atoms with Crippen molar-refractivity contribution in [2.75, 3.05) is 17.7 Å². The van der Waals surface area contributed by atoms with E-state index in [9.17, 15) is 32.7 Å². The van der Waals surface area contributed by atoms with Gasteiger partial charge in [0.1, 0.15) is 5.75 Å². The van der Waals surface area contributed by atoms with Gasteiger partial charge in [0.15, 0.2) is 0 Å². The number of nitrogens with one attached hydrogen (secondary N) is 3.